The smallest absolute Gasteiger partial charge is 0.120 e. The van der Waals surface area contributed by atoms with Gasteiger partial charge in [0.25, 0.3) is 0 Å². The van der Waals surface area contributed by atoms with Gasteiger partial charge in [-0.2, -0.15) is 0 Å². The van der Waals surface area contributed by atoms with E-state index in [1.165, 1.54) is 0 Å². The lowest BCUT2D eigenvalue weighted by Crippen LogP contribution is -2.28. The molecule has 0 radical (unpaired) electrons. The number of hydrogen-bond acceptors (Lipinski definition) is 2. The van der Waals surface area contributed by atoms with E-state index in [1.807, 2.05) is 31.3 Å². The summed E-state index contributed by atoms with van der Waals surface area (Å²) in [5, 5.41) is 3.80. The van der Waals surface area contributed by atoms with Crippen LogP contribution in [0.25, 0.3) is 0 Å². The molecule has 0 fully saturated rings. The van der Waals surface area contributed by atoms with Crippen molar-refractivity contribution < 1.29 is 4.74 Å². The molecule has 0 bridgehead atoms. The Hall–Kier alpha value is -0.730. The van der Waals surface area contributed by atoms with Gasteiger partial charge in [-0.25, -0.2) is 0 Å². The van der Waals surface area contributed by atoms with Gasteiger partial charge in [0.15, 0.2) is 0 Å². The normalized spacial score (nSPS) is 12.5. The molecule has 0 spiro atoms. The van der Waals surface area contributed by atoms with E-state index >= 15 is 0 Å². The summed E-state index contributed by atoms with van der Waals surface area (Å²) < 4.78 is 5.49. The second kappa shape index (κ2) is 5.10. The van der Waals surface area contributed by atoms with Gasteiger partial charge in [-0.3, -0.25) is 0 Å². The summed E-state index contributed by atoms with van der Waals surface area (Å²) in [6.07, 6.45) is 0. The maximum atomic E-state index is 5.80. The van der Waals surface area contributed by atoms with E-state index in [2.05, 4.69) is 12.2 Å². The van der Waals surface area contributed by atoms with Crippen molar-refractivity contribution in [1.29, 1.82) is 0 Å². The molecule has 1 unspecified atom stereocenters. The Balaban J connectivity index is 2.45. The van der Waals surface area contributed by atoms with E-state index in [0.717, 1.165) is 5.75 Å². The maximum Gasteiger partial charge on any atom is 0.120 e. The number of ether oxygens (including phenoxy) is 1. The molecule has 3 heteroatoms. The average Bonchev–Trinajstić information content (AvgIpc) is 2.14. The van der Waals surface area contributed by atoms with Crippen molar-refractivity contribution in [2.24, 2.45) is 0 Å². The van der Waals surface area contributed by atoms with Crippen LogP contribution in [0.15, 0.2) is 24.3 Å². The fourth-order valence-corrected chi connectivity index (χ4v) is 1.04. The summed E-state index contributed by atoms with van der Waals surface area (Å²) >= 11 is 5.80. The number of nitrogens with one attached hydrogen (secondary N) is 1. The van der Waals surface area contributed by atoms with Gasteiger partial charge < -0.3 is 10.1 Å². The third-order valence-electron chi connectivity index (χ3n) is 1.79. The second-order valence-corrected chi connectivity index (χ2v) is 3.39. The Bertz CT molecular complexity index is 265. The standard InChI is InChI=1S/C10H14ClNO/c1-8(12-2)7-13-10-5-3-4-9(11)6-10/h3-6,8,12H,7H2,1-2H3. The minimum absolute atomic E-state index is 0.346. The molecule has 0 heterocycles. The van der Waals surface area contributed by atoms with Gasteiger partial charge in [-0.1, -0.05) is 17.7 Å². The fraction of sp³-hybridized carbons (Fsp3) is 0.400. The van der Waals surface area contributed by atoms with Crippen molar-refractivity contribution >= 4 is 11.6 Å². The first-order chi connectivity index (χ1) is 6.22. The van der Waals surface area contributed by atoms with Gasteiger partial charge in [0, 0.05) is 11.1 Å². The van der Waals surface area contributed by atoms with E-state index in [9.17, 15) is 0 Å². The highest BCUT2D eigenvalue weighted by Gasteiger charge is 1.99. The molecular weight excluding hydrogens is 186 g/mol. The van der Waals surface area contributed by atoms with Crippen molar-refractivity contribution in [3.05, 3.63) is 29.3 Å². The van der Waals surface area contributed by atoms with Crippen molar-refractivity contribution in [2.75, 3.05) is 13.7 Å². The topological polar surface area (TPSA) is 21.3 Å². The lowest BCUT2D eigenvalue weighted by atomic mass is 10.3. The lowest BCUT2D eigenvalue weighted by molar-refractivity contribution is 0.280. The van der Waals surface area contributed by atoms with E-state index in [1.54, 1.807) is 0 Å². The summed E-state index contributed by atoms with van der Waals surface area (Å²) in [5.74, 6) is 0.814. The Morgan fingerprint density at radius 3 is 2.92 bits per heavy atom. The zero-order chi connectivity index (χ0) is 9.68. The van der Waals surface area contributed by atoms with Gasteiger partial charge in [0.05, 0.1) is 0 Å². The number of hydrogen-bond donors (Lipinski definition) is 1. The van der Waals surface area contributed by atoms with Crippen LogP contribution >= 0.6 is 11.6 Å². The monoisotopic (exact) mass is 199 g/mol. The molecule has 0 saturated heterocycles. The number of rotatable bonds is 4. The minimum Gasteiger partial charge on any atom is -0.492 e. The summed E-state index contributed by atoms with van der Waals surface area (Å²) in [6.45, 7) is 2.71. The minimum atomic E-state index is 0.346. The molecule has 0 saturated carbocycles. The highest BCUT2D eigenvalue weighted by atomic mass is 35.5. The molecule has 1 atom stereocenters. The van der Waals surface area contributed by atoms with Crippen LogP contribution in [0.4, 0.5) is 0 Å². The molecule has 0 amide bonds. The van der Waals surface area contributed by atoms with E-state index in [-0.39, 0.29) is 0 Å². The number of halogens is 1. The molecule has 2 nitrogen and oxygen atoms in total. The first-order valence-corrected chi connectivity index (χ1v) is 4.66. The summed E-state index contributed by atoms with van der Waals surface area (Å²) in [5.41, 5.74) is 0. The highest BCUT2D eigenvalue weighted by Crippen LogP contribution is 2.16. The van der Waals surface area contributed by atoms with Gasteiger partial charge in [-0.05, 0) is 32.2 Å². The molecule has 13 heavy (non-hydrogen) atoms. The van der Waals surface area contributed by atoms with E-state index in [4.69, 9.17) is 16.3 Å². The molecule has 1 rings (SSSR count). The first-order valence-electron chi connectivity index (χ1n) is 4.28. The molecule has 0 aliphatic rings. The predicted octanol–water partition coefficient (Wildman–Crippen LogP) is 2.33. The summed E-state index contributed by atoms with van der Waals surface area (Å²) in [7, 11) is 1.91. The Morgan fingerprint density at radius 1 is 1.54 bits per heavy atom. The molecule has 1 N–H and O–H groups in total. The van der Waals surface area contributed by atoms with Crippen LogP contribution in [0, 0.1) is 0 Å². The van der Waals surface area contributed by atoms with Crippen molar-refractivity contribution in [3.63, 3.8) is 0 Å². The quantitative estimate of drug-likeness (QED) is 0.804. The maximum absolute atomic E-state index is 5.80. The third-order valence-corrected chi connectivity index (χ3v) is 2.02. The summed E-state index contributed by atoms with van der Waals surface area (Å²) in [6, 6.07) is 7.76. The molecule has 72 valence electrons. The van der Waals surface area contributed by atoms with Crippen LogP contribution in [0.3, 0.4) is 0 Å². The van der Waals surface area contributed by atoms with Gasteiger partial charge in [-0.15, -0.1) is 0 Å². The molecular formula is C10H14ClNO. The van der Waals surface area contributed by atoms with Crippen molar-refractivity contribution in [3.8, 4) is 5.75 Å². The molecule has 1 aromatic rings. The van der Waals surface area contributed by atoms with Crippen LogP contribution in [0.2, 0.25) is 5.02 Å². The molecule has 0 aliphatic carbocycles. The second-order valence-electron chi connectivity index (χ2n) is 2.96. The van der Waals surface area contributed by atoms with Gasteiger partial charge in [0.1, 0.15) is 12.4 Å². The van der Waals surface area contributed by atoms with E-state index < -0.39 is 0 Å². The Morgan fingerprint density at radius 2 is 2.31 bits per heavy atom. The van der Waals surface area contributed by atoms with Gasteiger partial charge in [0.2, 0.25) is 0 Å². The Labute approximate surface area is 83.9 Å². The third kappa shape index (κ3) is 3.66. The SMILES string of the molecule is CNC(C)COc1cccc(Cl)c1. The highest BCUT2D eigenvalue weighted by molar-refractivity contribution is 6.30. The van der Waals surface area contributed by atoms with Crippen molar-refractivity contribution in [1.82, 2.24) is 5.32 Å². The molecule has 1 aromatic carbocycles. The Kier molecular flexibility index (Phi) is 4.06. The van der Waals surface area contributed by atoms with Crippen LogP contribution in [-0.2, 0) is 0 Å². The zero-order valence-electron chi connectivity index (χ0n) is 7.88. The van der Waals surface area contributed by atoms with Crippen LogP contribution in [0.1, 0.15) is 6.92 Å². The average molecular weight is 200 g/mol. The van der Waals surface area contributed by atoms with Crippen LogP contribution in [-0.4, -0.2) is 19.7 Å². The van der Waals surface area contributed by atoms with Crippen LogP contribution in [0.5, 0.6) is 5.75 Å². The lowest BCUT2D eigenvalue weighted by Gasteiger charge is -2.11. The predicted molar refractivity (Wildman–Crippen MR) is 55.5 cm³/mol. The van der Waals surface area contributed by atoms with Gasteiger partial charge >= 0.3 is 0 Å². The van der Waals surface area contributed by atoms with Crippen molar-refractivity contribution in [2.45, 2.75) is 13.0 Å². The summed E-state index contributed by atoms with van der Waals surface area (Å²) in [4.78, 5) is 0. The van der Waals surface area contributed by atoms with Crippen LogP contribution < -0.4 is 10.1 Å². The molecule has 0 aromatic heterocycles. The largest absolute Gasteiger partial charge is 0.492 e. The van der Waals surface area contributed by atoms with E-state index in [0.29, 0.717) is 17.7 Å². The number of benzene rings is 1. The molecule has 0 aliphatic heterocycles. The number of likely N-dealkylation sites (N-methyl/N-ethyl adjacent to an activating group) is 1. The fourth-order valence-electron chi connectivity index (χ4n) is 0.861. The first kappa shape index (κ1) is 10.4. The zero-order valence-corrected chi connectivity index (χ0v) is 8.64.